The number of benzene rings is 2. The number of nitrogens with zero attached hydrogens (tertiary/aromatic N) is 3. The van der Waals surface area contributed by atoms with Crippen LogP contribution in [0, 0.1) is 12.7 Å². The predicted octanol–water partition coefficient (Wildman–Crippen LogP) is 4.63. The van der Waals surface area contributed by atoms with Gasteiger partial charge in [-0.2, -0.15) is 5.10 Å². The van der Waals surface area contributed by atoms with Gasteiger partial charge in [-0.05, 0) is 37.5 Å². The van der Waals surface area contributed by atoms with Crippen LogP contribution in [0.25, 0.3) is 11.3 Å². The maximum atomic E-state index is 14.4. The van der Waals surface area contributed by atoms with Gasteiger partial charge in [0.05, 0.1) is 24.6 Å². The molecule has 28 heavy (non-hydrogen) atoms. The van der Waals surface area contributed by atoms with Gasteiger partial charge in [0.25, 0.3) is 0 Å². The minimum Gasteiger partial charge on any atom is -0.376 e. The van der Waals surface area contributed by atoms with Crippen molar-refractivity contribution in [3.8, 4) is 11.3 Å². The Bertz CT molecular complexity index is 1030. The van der Waals surface area contributed by atoms with Gasteiger partial charge in [0.1, 0.15) is 5.82 Å². The fourth-order valence-electron chi connectivity index (χ4n) is 3.12. The molecule has 1 atom stereocenters. The number of rotatable bonds is 5. The van der Waals surface area contributed by atoms with E-state index in [1.165, 1.54) is 23.0 Å². The van der Waals surface area contributed by atoms with Crippen LogP contribution in [-0.4, -0.2) is 30.1 Å². The molecular formula is C22H22FN3OS. The molecule has 1 aliphatic heterocycles. The number of thiazole rings is 1. The molecule has 2 aromatic carbocycles. The topological polar surface area (TPSA) is 38.9 Å². The normalized spacial score (nSPS) is 17.6. The SMILES string of the molecule is Cc1ccc(/C=N\n2c(-c3ccccc3F)csc2=NC[C@@H]2CCCO2)cc1. The first kappa shape index (κ1) is 18.8. The van der Waals surface area contributed by atoms with Crippen molar-refractivity contribution in [3.63, 3.8) is 0 Å². The Kier molecular flexibility index (Phi) is 5.78. The zero-order chi connectivity index (χ0) is 19.3. The van der Waals surface area contributed by atoms with Gasteiger partial charge in [-0.25, -0.2) is 9.07 Å². The van der Waals surface area contributed by atoms with Crippen LogP contribution in [0.5, 0.6) is 0 Å². The van der Waals surface area contributed by atoms with Crippen molar-refractivity contribution >= 4 is 17.6 Å². The first-order chi connectivity index (χ1) is 13.7. The van der Waals surface area contributed by atoms with Crippen LogP contribution in [0.4, 0.5) is 4.39 Å². The molecule has 0 saturated carbocycles. The number of ether oxygens (including phenoxy) is 1. The summed E-state index contributed by atoms with van der Waals surface area (Å²) < 4.78 is 21.8. The fraction of sp³-hybridized carbons (Fsp3) is 0.273. The number of hydrogen-bond acceptors (Lipinski definition) is 4. The van der Waals surface area contributed by atoms with Crippen molar-refractivity contribution in [1.29, 1.82) is 0 Å². The van der Waals surface area contributed by atoms with Gasteiger partial charge in [0.2, 0.25) is 4.80 Å². The Morgan fingerprint density at radius 1 is 1.21 bits per heavy atom. The van der Waals surface area contributed by atoms with E-state index in [9.17, 15) is 4.39 Å². The quantitative estimate of drug-likeness (QED) is 0.581. The number of halogens is 1. The van der Waals surface area contributed by atoms with Crippen molar-refractivity contribution in [2.75, 3.05) is 13.2 Å². The van der Waals surface area contributed by atoms with E-state index in [-0.39, 0.29) is 11.9 Å². The number of aryl methyl sites for hydroxylation is 1. The second kappa shape index (κ2) is 8.63. The van der Waals surface area contributed by atoms with Gasteiger partial charge in [0.15, 0.2) is 0 Å². The first-order valence-electron chi connectivity index (χ1n) is 9.39. The predicted molar refractivity (Wildman–Crippen MR) is 111 cm³/mol. The van der Waals surface area contributed by atoms with Gasteiger partial charge >= 0.3 is 0 Å². The molecule has 1 aromatic heterocycles. The standard InChI is InChI=1S/C22H22FN3OS/c1-16-8-10-17(11-9-16)13-25-26-21(19-6-2-3-7-20(19)23)15-28-22(26)24-14-18-5-4-12-27-18/h2-3,6-11,13,15,18H,4-5,12,14H2,1H3/b24-22?,25-13-/t18-/m0/s1. The molecule has 0 aliphatic carbocycles. The molecule has 0 amide bonds. The van der Waals surface area contributed by atoms with Gasteiger partial charge in [0, 0.05) is 17.6 Å². The Labute approximate surface area is 167 Å². The highest BCUT2D eigenvalue weighted by Gasteiger charge is 2.15. The van der Waals surface area contributed by atoms with Gasteiger partial charge in [-0.3, -0.25) is 4.99 Å². The highest BCUT2D eigenvalue weighted by Crippen LogP contribution is 2.23. The summed E-state index contributed by atoms with van der Waals surface area (Å²) in [6.07, 6.45) is 4.05. The summed E-state index contributed by atoms with van der Waals surface area (Å²) in [4.78, 5) is 5.44. The van der Waals surface area contributed by atoms with Crippen molar-refractivity contribution in [2.24, 2.45) is 10.1 Å². The maximum Gasteiger partial charge on any atom is 0.206 e. The second-order valence-corrected chi connectivity index (χ2v) is 7.66. The van der Waals surface area contributed by atoms with Crippen molar-refractivity contribution in [1.82, 2.24) is 4.68 Å². The maximum absolute atomic E-state index is 14.4. The van der Waals surface area contributed by atoms with E-state index in [0.717, 1.165) is 29.8 Å². The molecule has 0 spiro atoms. The molecular weight excluding hydrogens is 373 g/mol. The van der Waals surface area contributed by atoms with E-state index >= 15 is 0 Å². The van der Waals surface area contributed by atoms with E-state index in [1.54, 1.807) is 23.0 Å². The summed E-state index contributed by atoms with van der Waals surface area (Å²) in [5.41, 5.74) is 3.38. The van der Waals surface area contributed by atoms with Crippen molar-refractivity contribution in [2.45, 2.75) is 25.9 Å². The van der Waals surface area contributed by atoms with Gasteiger partial charge < -0.3 is 4.74 Å². The van der Waals surface area contributed by atoms with Crippen LogP contribution in [0.3, 0.4) is 0 Å². The lowest BCUT2D eigenvalue weighted by Crippen LogP contribution is -2.17. The van der Waals surface area contributed by atoms with Gasteiger partial charge in [-0.15, -0.1) is 11.3 Å². The zero-order valence-electron chi connectivity index (χ0n) is 15.7. The lowest BCUT2D eigenvalue weighted by molar-refractivity contribution is 0.117. The fourth-order valence-corrected chi connectivity index (χ4v) is 3.96. The molecule has 4 rings (SSSR count). The van der Waals surface area contributed by atoms with Crippen LogP contribution < -0.4 is 4.80 Å². The summed E-state index contributed by atoms with van der Waals surface area (Å²) in [6.45, 7) is 3.45. The molecule has 6 heteroatoms. The third kappa shape index (κ3) is 4.29. The average molecular weight is 396 g/mol. The lowest BCUT2D eigenvalue weighted by atomic mass is 10.1. The zero-order valence-corrected chi connectivity index (χ0v) is 16.5. The Morgan fingerprint density at radius 2 is 2.04 bits per heavy atom. The molecule has 0 bridgehead atoms. The molecule has 0 radical (unpaired) electrons. The van der Waals surface area contributed by atoms with Crippen LogP contribution >= 0.6 is 11.3 Å². The molecule has 144 valence electrons. The van der Waals surface area contributed by atoms with Gasteiger partial charge in [-0.1, -0.05) is 42.0 Å². The van der Waals surface area contributed by atoms with E-state index in [0.29, 0.717) is 17.8 Å². The Hall–Kier alpha value is -2.57. The largest absolute Gasteiger partial charge is 0.376 e. The van der Waals surface area contributed by atoms with Crippen molar-refractivity contribution in [3.05, 3.63) is 75.7 Å². The smallest absolute Gasteiger partial charge is 0.206 e. The minimum absolute atomic E-state index is 0.161. The van der Waals surface area contributed by atoms with Crippen LogP contribution in [-0.2, 0) is 4.74 Å². The van der Waals surface area contributed by atoms with Crippen LogP contribution in [0.2, 0.25) is 0 Å². The summed E-state index contributed by atoms with van der Waals surface area (Å²) in [6, 6.07) is 14.8. The number of aromatic nitrogens is 1. The Balaban J connectivity index is 1.73. The van der Waals surface area contributed by atoms with E-state index in [4.69, 9.17) is 9.73 Å². The van der Waals surface area contributed by atoms with E-state index in [2.05, 4.69) is 5.10 Å². The molecule has 2 heterocycles. The summed E-state index contributed by atoms with van der Waals surface area (Å²) in [7, 11) is 0. The lowest BCUT2D eigenvalue weighted by Gasteiger charge is -2.06. The van der Waals surface area contributed by atoms with Crippen LogP contribution in [0.1, 0.15) is 24.0 Å². The second-order valence-electron chi connectivity index (χ2n) is 6.83. The Morgan fingerprint density at radius 3 is 2.79 bits per heavy atom. The molecule has 1 saturated heterocycles. The average Bonchev–Trinajstić information content (AvgIpc) is 3.36. The highest BCUT2D eigenvalue weighted by atomic mass is 32.1. The highest BCUT2D eigenvalue weighted by molar-refractivity contribution is 7.07. The van der Waals surface area contributed by atoms with E-state index < -0.39 is 0 Å². The minimum atomic E-state index is -0.273. The third-order valence-corrected chi connectivity index (χ3v) is 5.54. The molecule has 0 unspecified atom stereocenters. The molecule has 0 N–H and O–H groups in total. The van der Waals surface area contributed by atoms with Crippen molar-refractivity contribution < 1.29 is 9.13 Å². The first-order valence-corrected chi connectivity index (χ1v) is 10.3. The molecule has 3 aromatic rings. The number of hydrogen-bond donors (Lipinski definition) is 0. The molecule has 4 nitrogen and oxygen atoms in total. The molecule has 1 aliphatic rings. The van der Waals surface area contributed by atoms with Crippen LogP contribution in [0.15, 0.2) is 64.0 Å². The summed E-state index contributed by atoms with van der Waals surface area (Å²) in [5, 5.41) is 6.53. The van der Waals surface area contributed by atoms with E-state index in [1.807, 2.05) is 42.6 Å². The summed E-state index contributed by atoms with van der Waals surface area (Å²) in [5.74, 6) is -0.273. The third-order valence-electron chi connectivity index (χ3n) is 4.69. The summed E-state index contributed by atoms with van der Waals surface area (Å²) >= 11 is 1.46. The molecule has 1 fully saturated rings. The monoisotopic (exact) mass is 395 g/mol.